The van der Waals surface area contributed by atoms with E-state index in [0.29, 0.717) is 10.3 Å². The van der Waals surface area contributed by atoms with Crippen LogP contribution in [0.5, 0.6) is 0 Å². The number of rotatable bonds is 7. The number of pyridine rings is 2. The van der Waals surface area contributed by atoms with Crippen LogP contribution in [-0.2, 0) is 29.4 Å². The quantitative estimate of drug-likeness (QED) is 0.119. The van der Waals surface area contributed by atoms with Crippen molar-refractivity contribution in [2.24, 2.45) is 0 Å². The van der Waals surface area contributed by atoms with Crippen LogP contribution in [-0.4, -0.2) is 28.4 Å². The maximum Gasteiger partial charge on any atom is 0.0694 e. The first kappa shape index (κ1) is 33.8. The zero-order chi connectivity index (χ0) is 28.0. The van der Waals surface area contributed by atoms with Crippen LogP contribution in [0.25, 0.3) is 0 Å². The number of aromatic nitrogens is 2. The maximum atomic E-state index is 4.78. The molecule has 2 heterocycles. The fourth-order valence-electron chi connectivity index (χ4n) is 4.78. The molecule has 2 aromatic heterocycles. The molecule has 4 rings (SSSR count). The fraction of sp³-hybridized carbons (Fsp3) is 0.394. The van der Waals surface area contributed by atoms with Crippen LogP contribution in [0.1, 0.15) is 52.7 Å². The van der Waals surface area contributed by atoms with Crippen molar-refractivity contribution < 1.29 is 17.1 Å². The van der Waals surface area contributed by atoms with Crippen LogP contribution in [0.3, 0.4) is 0 Å². The molecule has 0 atom stereocenters. The minimum atomic E-state index is -1.41. The summed E-state index contributed by atoms with van der Waals surface area (Å²) in [6.07, 6.45) is 6.05. The molecule has 0 aliphatic carbocycles. The molecule has 6 heteroatoms. The Balaban J connectivity index is 0.000000797. The second-order valence-electron chi connectivity index (χ2n) is 12.9. The van der Waals surface area contributed by atoms with Crippen LogP contribution in [0.15, 0.2) is 91.3 Å². The molecular weight excluding hydrogens is 570 g/mol. The first-order chi connectivity index (χ1) is 17.8. The largest absolute Gasteiger partial charge is 0.748 e. The Kier molecular flexibility index (Phi) is 12.5. The maximum absolute atomic E-state index is 4.78. The van der Waals surface area contributed by atoms with E-state index in [1.54, 1.807) is 10.8 Å². The molecule has 0 spiro atoms. The Morgan fingerprint density at radius 3 is 1.59 bits per heavy atom. The molecule has 0 saturated heterocycles. The Hall–Kier alpha value is -1.40. The molecule has 0 fully saturated rings. The molecule has 216 valence electrons. The van der Waals surface area contributed by atoms with Crippen molar-refractivity contribution in [1.29, 1.82) is 0 Å². The summed E-state index contributed by atoms with van der Waals surface area (Å²) in [4.78, 5) is 9.56. The van der Waals surface area contributed by atoms with E-state index in [9.17, 15) is 0 Å². The predicted octanol–water partition coefficient (Wildman–Crippen LogP) is 8.36. The van der Waals surface area contributed by atoms with Crippen LogP contribution in [0.4, 0.5) is 0 Å². The van der Waals surface area contributed by atoms with E-state index in [4.69, 9.17) is 9.97 Å². The normalized spacial score (nSPS) is 12.2. The zero-order valence-electron chi connectivity index (χ0n) is 25.2. The molecule has 4 aromatic rings. The third-order valence-electron chi connectivity index (χ3n) is 6.62. The third kappa shape index (κ3) is 10.2. The van der Waals surface area contributed by atoms with Gasteiger partial charge in [0.15, 0.2) is 0 Å². The summed E-state index contributed by atoms with van der Waals surface area (Å²) in [6.45, 7) is 22.0. The Morgan fingerprint density at radius 1 is 0.769 bits per heavy atom. The number of hydrogen-bond donors (Lipinski definition) is 0. The summed E-state index contributed by atoms with van der Waals surface area (Å²) < 4.78 is 0. The van der Waals surface area contributed by atoms with Crippen molar-refractivity contribution in [1.82, 2.24) is 9.97 Å². The van der Waals surface area contributed by atoms with E-state index in [2.05, 4.69) is 97.6 Å². The Morgan fingerprint density at radius 2 is 1.23 bits per heavy atom. The monoisotopic (exact) mass is 616 g/mol. The third-order valence-corrected chi connectivity index (χ3v) is 14.8. The molecule has 0 unspecified atom stereocenters. The van der Waals surface area contributed by atoms with Crippen LogP contribution in [0, 0.1) is 0 Å². The van der Waals surface area contributed by atoms with Gasteiger partial charge in [-0.2, -0.15) is 11.6 Å². The van der Waals surface area contributed by atoms with E-state index < -0.39 is 16.0 Å². The Bertz CT molecular complexity index is 1150. The van der Waals surface area contributed by atoms with Gasteiger partial charge in [0.05, 0.1) is 10.9 Å². The van der Waals surface area contributed by atoms with Gasteiger partial charge in [-0.25, -0.2) is 11.3 Å². The minimum Gasteiger partial charge on any atom is -0.748 e. The molecule has 0 N–H and O–H groups in total. The van der Waals surface area contributed by atoms with Gasteiger partial charge < -0.3 is 30.3 Å². The van der Waals surface area contributed by atoms with Gasteiger partial charge >= 0.3 is 0 Å². The summed E-state index contributed by atoms with van der Waals surface area (Å²) in [5.41, 5.74) is 5.43. The summed E-state index contributed by atoms with van der Waals surface area (Å²) in [7, 11) is -2.26. The van der Waals surface area contributed by atoms with Crippen molar-refractivity contribution in [2.45, 2.75) is 83.8 Å². The van der Waals surface area contributed by atoms with E-state index >= 15 is 0 Å². The molecule has 0 saturated carbocycles. The second kappa shape index (κ2) is 14.5. The first-order valence-electron chi connectivity index (χ1n) is 13.6. The van der Waals surface area contributed by atoms with Crippen molar-refractivity contribution in [3.63, 3.8) is 0 Å². The van der Waals surface area contributed by atoms with Crippen molar-refractivity contribution in [3.05, 3.63) is 102 Å². The summed E-state index contributed by atoms with van der Waals surface area (Å²) in [5.74, 6) is 0. The number of hydrogen-bond acceptors (Lipinski definition) is 2. The van der Waals surface area contributed by atoms with E-state index in [0.717, 1.165) is 6.16 Å². The molecule has 2 aromatic carbocycles. The zero-order valence-corrected chi connectivity index (χ0v) is 29.1. The molecular formula is C33H46FeN2P2Si-6. The molecule has 39 heavy (non-hydrogen) atoms. The fourth-order valence-corrected chi connectivity index (χ4v) is 11.7. The van der Waals surface area contributed by atoms with Crippen LogP contribution < -0.4 is 16.1 Å². The van der Waals surface area contributed by atoms with Crippen LogP contribution in [0.2, 0.25) is 19.6 Å². The van der Waals surface area contributed by atoms with Gasteiger partial charge in [0.1, 0.15) is 0 Å². The topological polar surface area (TPSA) is 25.8 Å². The van der Waals surface area contributed by atoms with Crippen LogP contribution >= 0.6 is 15.8 Å². The SMILES string of the molecule is CC(C)(C)P(C[c-]1cc([Si](C)(C)C)cc1CP(c1ccccn1)c1ccccn1)C(C)(C)C.[Fe].[cH-]1[cH-][cH-][cH-][cH-]1. The molecule has 0 bridgehead atoms. The average molecular weight is 617 g/mol. The van der Waals surface area contributed by atoms with Gasteiger partial charge in [0.25, 0.3) is 0 Å². The van der Waals surface area contributed by atoms with E-state index in [1.165, 1.54) is 22.6 Å². The molecule has 0 aliphatic rings. The molecule has 0 radical (unpaired) electrons. The van der Waals surface area contributed by atoms with Crippen molar-refractivity contribution in [3.8, 4) is 0 Å². The van der Waals surface area contributed by atoms with Gasteiger partial charge in [-0.05, 0) is 48.7 Å². The van der Waals surface area contributed by atoms with E-state index in [-0.39, 0.29) is 25.0 Å². The summed E-state index contributed by atoms with van der Waals surface area (Å²) >= 11 is 0. The second-order valence-corrected chi connectivity index (χ2v) is 23.9. The van der Waals surface area contributed by atoms with Crippen molar-refractivity contribution >= 4 is 40.0 Å². The Labute approximate surface area is 252 Å². The van der Waals surface area contributed by atoms with Gasteiger partial charge in [-0.15, -0.1) is 13.5 Å². The number of nitrogens with zero attached hydrogens (tertiary/aromatic N) is 2. The van der Waals surface area contributed by atoms with Gasteiger partial charge in [0, 0.05) is 37.5 Å². The predicted molar refractivity (Wildman–Crippen MR) is 176 cm³/mol. The average Bonchev–Trinajstić information content (AvgIpc) is 3.54. The van der Waals surface area contributed by atoms with E-state index in [1.807, 2.05) is 54.9 Å². The standard InChI is InChI=1S/C28H41N2P2Si.C5H5.Fe/c1-27(2,3)32(28(4,5)6)21-23-19-24(33(7,8)9)18-22(23)20-31(25-14-10-12-16-29-25)26-15-11-13-17-30-26;1-2-4-5-3-1;/h10-19H,20-21H2,1-9H3;1-5H;/q-1;-5;. The smallest absolute Gasteiger partial charge is 0.0694 e. The summed E-state index contributed by atoms with van der Waals surface area (Å²) in [6, 6.07) is 27.7. The molecule has 2 nitrogen and oxygen atoms in total. The first-order valence-corrected chi connectivity index (χ1v) is 20.2. The summed E-state index contributed by atoms with van der Waals surface area (Å²) in [5, 5.41) is 2.21. The molecule has 0 aliphatic heterocycles. The molecule has 0 amide bonds. The van der Waals surface area contributed by atoms with Gasteiger partial charge in [0.2, 0.25) is 0 Å². The van der Waals surface area contributed by atoms with Crippen molar-refractivity contribution in [2.75, 3.05) is 0 Å². The van der Waals surface area contributed by atoms with Gasteiger partial charge in [-0.3, -0.25) is 9.97 Å². The minimum absolute atomic E-state index is 0. The van der Waals surface area contributed by atoms with Gasteiger partial charge in [-0.1, -0.05) is 79.5 Å².